The van der Waals surface area contributed by atoms with Crippen LogP contribution in [0.1, 0.15) is 25.7 Å². The van der Waals surface area contributed by atoms with Crippen molar-refractivity contribution in [1.29, 1.82) is 0 Å². The van der Waals surface area contributed by atoms with Crippen LogP contribution in [0.5, 0.6) is 0 Å². The van der Waals surface area contributed by atoms with E-state index in [9.17, 15) is 8.78 Å². The van der Waals surface area contributed by atoms with E-state index in [2.05, 4.69) is 15.3 Å². The molecule has 0 aromatic carbocycles. The Kier molecular flexibility index (Phi) is 2.79. The summed E-state index contributed by atoms with van der Waals surface area (Å²) in [5, 5.41) is 3.11. The molecule has 1 aliphatic carbocycles. The number of hydrogen-bond donors (Lipinski definition) is 1. The van der Waals surface area contributed by atoms with Gasteiger partial charge in [-0.3, -0.25) is 4.98 Å². The van der Waals surface area contributed by atoms with Crippen molar-refractivity contribution in [2.75, 3.05) is 5.32 Å². The maximum absolute atomic E-state index is 12.9. The fourth-order valence-corrected chi connectivity index (χ4v) is 1.77. The predicted octanol–water partition coefficient (Wildman–Crippen LogP) is 2.47. The Morgan fingerprint density at radius 2 is 2.00 bits per heavy atom. The zero-order valence-corrected chi connectivity index (χ0v) is 8.29. The molecule has 1 heterocycles. The monoisotopic (exact) mass is 213 g/mol. The van der Waals surface area contributed by atoms with Crippen LogP contribution in [0.3, 0.4) is 0 Å². The summed E-state index contributed by atoms with van der Waals surface area (Å²) < 4.78 is 25.7. The number of nitrogens with zero attached hydrogens (tertiary/aromatic N) is 2. The zero-order valence-electron chi connectivity index (χ0n) is 8.29. The molecule has 3 nitrogen and oxygen atoms in total. The van der Waals surface area contributed by atoms with E-state index in [-0.39, 0.29) is 18.9 Å². The molecule has 0 atom stereocenters. The smallest absolute Gasteiger partial charge is 0.248 e. The van der Waals surface area contributed by atoms with Crippen molar-refractivity contribution in [2.24, 2.45) is 0 Å². The highest BCUT2D eigenvalue weighted by Crippen LogP contribution is 2.33. The highest BCUT2D eigenvalue weighted by molar-refractivity contribution is 5.31. The Labute approximate surface area is 86.9 Å². The second kappa shape index (κ2) is 4.08. The second-order valence-corrected chi connectivity index (χ2v) is 3.87. The van der Waals surface area contributed by atoms with E-state index in [4.69, 9.17) is 0 Å². The molecule has 0 spiro atoms. The third-order valence-electron chi connectivity index (χ3n) is 2.63. The second-order valence-electron chi connectivity index (χ2n) is 3.87. The largest absolute Gasteiger partial charge is 0.366 e. The summed E-state index contributed by atoms with van der Waals surface area (Å²) in [7, 11) is 0. The summed E-state index contributed by atoms with van der Waals surface area (Å²) in [5.41, 5.74) is 0. The highest BCUT2D eigenvalue weighted by atomic mass is 19.3. The van der Waals surface area contributed by atoms with E-state index < -0.39 is 5.92 Å². The summed E-state index contributed by atoms with van der Waals surface area (Å²) >= 11 is 0. The van der Waals surface area contributed by atoms with Gasteiger partial charge in [0.1, 0.15) is 5.82 Å². The molecule has 0 bridgehead atoms. The van der Waals surface area contributed by atoms with Gasteiger partial charge in [-0.05, 0) is 12.8 Å². The van der Waals surface area contributed by atoms with E-state index >= 15 is 0 Å². The molecule has 82 valence electrons. The first-order valence-electron chi connectivity index (χ1n) is 5.06. The fourth-order valence-electron chi connectivity index (χ4n) is 1.77. The lowest BCUT2D eigenvalue weighted by molar-refractivity contribution is -0.0361. The third-order valence-corrected chi connectivity index (χ3v) is 2.63. The molecule has 0 unspecified atom stereocenters. The minimum atomic E-state index is -2.47. The molecule has 2 rings (SSSR count). The first kappa shape index (κ1) is 10.3. The lowest BCUT2D eigenvalue weighted by Gasteiger charge is -2.28. The normalized spacial score (nSPS) is 21.2. The first-order valence-corrected chi connectivity index (χ1v) is 5.06. The van der Waals surface area contributed by atoms with Crippen molar-refractivity contribution in [1.82, 2.24) is 9.97 Å². The summed E-state index contributed by atoms with van der Waals surface area (Å²) in [6.45, 7) is 0. The van der Waals surface area contributed by atoms with Crippen molar-refractivity contribution < 1.29 is 8.78 Å². The Bertz CT molecular complexity index is 306. The van der Waals surface area contributed by atoms with Gasteiger partial charge in [0.2, 0.25) is 5.92 Å². The predicted molar refractivity (Wildman–Crippen MR) is 52.9 cm³/mol. The van der Waals surface area contributed by atoms with E-state index in [0.717, 1.165) is 0 Å². The average molecular weight is 213 g/mol. The van der Waals surface area contributed by atoms with E-state index in [1.807, 2.05) is 0 Å². The molecule has 5 heteroatoms. The van der Waals surface area contributed by atoms with Gasteiger partial charge in [0.25, 0.3) is 0 Å². The van der Waals surface area contributed by atoms with Gasteiger partial charge in [-0.25, -0.2) is 13.8 Å². The van der Waals surface area contributed by atoms with Gasteiger partial charge in [-0.1, -0.05) is 0 Å². The minimum Gasteiger partial charge on any atom is -0.366 e. The van der Waals surface area contributed by atoms with Gasteiger partial charge in [0, 0.05) is 31.3 Å². The van der Waals surface area contributed by atoms with Crippen LogP contribution in [-0.2, 0) is 0 Å². The Hall–Kier alpha value is -1.26. The van der Waals surface area contributed by atoms with Gasteiger partial charge >= 0.3 is 0 Å². The third kappa shape index (κ3) is 2.84. The van der Waals surface area contributed by atoms with Crippen molar-refractivity contribution in [3.8, 4) is 0 Å². The zero-order chi connectivity index (χ0) is 10.7. The van der Waals surface area contributed by atoms with Gasteiger partial charge in [0.15, 0.2) is 0 Å². The SMILES string of the molecule is FC1(F)CCC(Nc2cnccn2)CC1. The minimum absolute atomic E-state index is 0.0368. The highest BCUT2D eigenvalue weighted by Gasteiger charge is 2.34. The lowest BCUT2D eigenvalue weighted by Crippen LogP contribution is -2.32. The molecule has 0 saturated heterocycles. The van der Waals surface area contributed by atoms with Gasteiger partial charge in [-0.2, -0.15) is 0 Å². The van der Waals surface area contributed by atoms with Crippen LogP contribution < -0.4 is 5.32 Å². The van der Waals surface area contributed by atoms with E-state index in [1.165, 1.54) is 0 Å². The van der Waals surface area contributed by atoms with Crippen LogP contribution in [0.4, 0.5) is 14.6 Å². The number of anilines is 1. The van der Waals surface area contributed by atoms with Gasteiger partial charge in [-0.15, -0.1) is 0 Å². The molecule has 1 aliphatic rings. The number of alkyl halides is 2. The van der Waals surface area contributed by atoms with Gasteiger partial charge < -0.3 is 5.32 Å². The maximum Gasteiger partial charge on any atom is 0.248 e. The van der Waals surface area contributed by atoms with Crippen LogP contribution in [0, 0.1) is 0 Å². The van der Waals surface area contributed by atoms with E-state index in [0.29, 0.717) is 18.7 Å². The molecule has 0 aliphatic heterocycles. The quantitative estimate of drug-likeness (QED) is 0.820. The van der Waals surface area contributed by atoms with Crippen LogP contribution in [0.2, 0.25) is 0 Å². The molecule has 1 saturated carbocycles. The van der Waals surface area contributed by atoms with Crippen LogP contribution in [0.25, 0.3) is 0 Å². The molecule has 1 aromatic rings. The molecule has 0 amide bonds. The topological polar surface area (TPSA) is 37.8 Å². The summed E-state index contributed by atoms with van der Waals surface area (Å²) in [5.74, 6) is -1.81. The van der Waals surface area contributed by atoms with Crippen LogP contribution in [0.15, 0.2) is 18.6 Å². The van der Waals surface area contributed by atoms with Crippen molar-refractivity contribution in [2.45, 2.75) is 37.6 Å². The van der Waals surface area contributed by atoms with Crippen LogP contribution >= 0.6 is 0 Å². The Morgan fingerprint density at radius 3 is 2.60 bits per heavy atom. The van der Waals surface area contributed by atoms with Gasteiger partial charge in [0.05, 0.1) is 6.20 Å². The number of rotatable bonds is 2. The number of aromatic nitrogens is 2. The average Bonchev–Trinajstić information content (AvgIpc) is 2.23. The molecule has 15 heavy (non-hydrogen) atoms. The maximum atomic E-state index is 12.9. The van der Waals surface area contributed by atoms with Crippen molar-refractivity contribution in [3.05, 3.63) is 18.6 Å². The fraction of sp³-hybridized carbons (Fsp3) is 0.600. The van der Waals surface area contributed by atoms with E-state index in [1.54, 1.807) is 18.6 Å². The number of nitrogens with one attached hydrogen (secondary N) is 1. The molecular formula is C10H13F2N3. The standard InChI is InChI=1S/C10H13F2N3/c11-10(12)3-1-8(2-4-10)15-9-7-13-5-6-14-9/h5-8H,1-4H2,(H,14,15). The first-order chi connectivity index (χ1) is 7.16. The van der Waals surface area contributed by atoms with Crippen LogP contribution in [-0.4, -0.2) is 21.9 Å². The molecular weight excluding hydrogens is 200 g/mol. The summed E-state index contributed by atoms with van der Waals surface area (Å²) in [6.07, 6.45) is 5.68. The number of hydrogen-bond acceptors (Lipinski definition) is 3. The molecule has 1 N–H and O–H groups in total. The molecule has 1 aromatic heterocycles. The van der Waals surface area contributed by atoms with Crippen molar-refractivity contribution in [3.63, 3.8) is 0 Å². The molecule has 0 radical (unpaired) electrons. The molecule has 1 fully saturated rings. The van der Waals surface area contributed by atoms with Crippen molar-refractivity contribution >= 4 is 5.82 Å². The Balaban J connectivity index is 1.88. The number of halogens is 2. The summed E-state index contributed by atoms with van der Waals surface area (Å²) in [6, 6.07) is 0.0984. The Morgan fingerprint density at radius 1 is 1.27 bits per heavy atom. The lowest BCUT2D eigenvalue weighted by atomic mass is 9.92. The summed E-state index contributed by atoms with van der Waals surface area (Å²) in [4.78, 5) is 7.95.